The molecule has 0 aromatic carbocycles. The second kappa shape index (κ2) is 8.11. The van der Waals surface area contributed by atoms with Crippen LogP contribution in [-0.4, -0.2) is 47.8 Å². The molecule has 18 heavy (non-hydrogen) atoms. The molecule has 1 aliphatic heterocycles. The molecule has 0 radical (unpaired) electrons. The van der Waals surface area contributed by atoms with Crippen LogP contribution in [-0.2, 0) is 9.59 Å². The molecule has 1 fully saturated rings. The highest BCUT2D eigenvalue weighted by atomic mass is 16.2. The lowest BCUT2D eigenvalue weighted by molar-refractivity contribution is -0.129. The lowest BCUT2D eigenvalue weighted by Gasteiger charge is -2.24. The summed E-state index contributed by atoms with van der Waals surface area (Å²) in [5.74, 6) is 0.384. The zero-order chi connectivity index (χ0) is 13.4. The molecule has 0 aromatic heterocycles. The van der Waals surface area contributed by atoms with Crippen LogP contribution in [0.25, 0.3) is 0 Å². The Morgan fingerprint density at radius 1 is 0.611 bits per heavy atom. The van der Waals surface area contributed by atoms with Crippen molar-refractivity contribution in [2.75, 3.05) is 26.2 Å². The van der Waals surface area contributed by atoms with Crippen molar-refractivity contribution >= 4 is 11.8 Å². The molecule has 0 unspecified atom stereocenters. The van der Waals surface area contributed by atoms with Crippen LogP contribution >= 0.6 is 0 Å². The third-order valence-electron chi connectivity index (χ3n) is 3.60. The molecule has 0 bridgehead atoms. The van der Waals surface area contributed by atoms with E-state index >= 15 is 0 Å². The first-order valence-electron chi connectivity index (χ1n) is 7.12. The molecule has 0 atom stereocenters. The van der Waals surface area contributed by atoms with E-state index in [4.69, 9.17) is 0 Å². The van der Waals surface area contributed by atoms with Crippen LogP contribution < -0.4 is 0 Å². The molecule has 0 aromatic rings. The van der Waals surface area contributed by atoms with Gasteiger partial charge in [0, 0.05) is 40.0 Å². The van der Waals surface area contributed by atoms with Gasteiger partial charge in [-0.25, -0.2) is 0 Å². The summed E-state index contributed by atoms with van der Waals surface area (Å²) in [4.78, 5) is 26.8. The fraction of sp³-hybridized carbons (Fsp3) is 0.857. The first kappa shape index (κ1) is 15.0. The van der Waals surface area contributed by atoms with Gasteiger partial charge >= 0.3 is 0 Å². The third-order valence-corrected chi connectivity index (χ3v) is 3.60. The Bertz CT molecular complexity index is 239. The van der Waals surface area contributed by atoms with Gasteiger partial charge < -0.3 is 9.80 Å². The zero-order valence-electron chi connectivity index (χ0n) is 11.8. The number of hydrogen-bond donors (Lipinski definition) is 0. The third kappa shape index (κ3) is 5.52. The summed E-state index contributed by atoms with van der Waals surface area (Å²) >= 11 is 0. The minimum atomic E-state index is 0.192. The number of rotatable bonds is 0. The van der Waals surface area contributed by atoms with Crippen molar-refractivity contribution in [2.24, 2.45) is 0 Å². The van der Waals surface area contributed by atoms with E-state index in [1.807, 2.05) is 9.80 Å². The van der Waals surface area contributed by atoms with Crippen molar-refractivity contribution in [1.29, 1.82) is 0 Å². The van der Waals surface area contributed by atoms with E-state index in [9.17, 15) is 9.59 Å². The molecule has 1 aliphatic rings. The van der Waals surface area contributed by atoms with Crippen LogP contribution in [0.5, 0.6) is 0 Å². The molecule has 4 heteroatoms. The highest BCUT2D eigenvalue weighted by Gasteiger charge is 2.11. The number of carbonyl (C=O) groups excluding carboxylic acids is 2. The van der Waals surface area contributed by atoms with Crippen molar-refractivity contribution in [2.45, 2.75) is 52.4 Å². The number of hydrogen-bond acceptors (Lipinski definition) is 2. The molecule has 1 saturated heterocycles. The maximum absolute atomic E-state index is 11.4. The first-order chi connectivity index (χ1) is 8.61. The van der Waals surface area contributed by atoms with Crippen molar-refractivity contribution in [3.8, 4) is 0 Å². The molecule has 104 valence electrons. The molecule has 2 amide bonds. The molecule has 1 heterocycles. The van der Waals surface area contributed by atoms with Crippen LogP contribution in [0, 0.1) is 0 Å². The summed E-state index contributed by atoms with van der Waals surface area (Å²) in [6.07, 6.45) is 6.37. The standard InChI is InChI=1S/C14H26N2O2/c1-13(17)15-9-5-3-7-11-16(14(2)18)12-8-4-6-10-15/h3-12H2,1-2H3. The number of carbonyl (C=O) groups is 2. The molecule has 0 aliphatic carbocycles. The van der Waals surface area contributed by atoms with E-state index < -0.39 is 0 Å². The van der Waals surface area contributed by atoms with Crippen molar-refractivity contribution < 1.29 is 9.59 Å². The lowest BCUT2D eigenvalue weighted by Crippen LogP contribution is -2.33. The minimum absolute atomic E-state index is 0.192. The Labute approximate surface area is 110 Å². The highest BCUT2D eigenvalue weighted by molar-refractivity contribution is 5.73. The van der Waals surface area contributed by atoms with Crippen molar-refractivity contribution in [3.63, 3.8) is 0 Å². The summed E-state index contributed by atoms with van der Waals surface area (Å²) in [5, 5.41) is 0. The van der Waals surface area contributed by atoms with Gasteiger partial charge in [-0.2, -0.15) is 0 Å². The Balaban J connectivity index is 2.42. The van der Waals surface area contributed by atoms with Crippen LogP contribution in [0.2, 0.25) is 0 Å². The Morgan fingerprint density at radius 3 is 1.11 bits per heavy atom. The lowest BCUT2D eigenvalue weighted by atomic mass is 10.1. The van der Waals surface area contributed by atoms with Crippen LogP contribution in [0.3, 0.4) is 0 Å². The molecular weight excluding hydrogens is 228 g/mol. The largest absolute Gasteiger partial charge is 0.343 e. The average molecular weight is 254 g/mol. The molecule has 0 saturated carbocycles. The van der Waals surface area contributed by atoms with Gasteiger partial charge in [-0.3, -0.25) is 9.59 Å². The molecular formula is C14H26N2O2. The van der Waals surface area contributed by atoms with Gasteiger partial charge in [0.05, 0.1) is 0 Å². The molecule has 1 rings (SSSR count). The smallest absolute Gasteiger partial charge is 0.219 e. The van der Waals surface area contributed by atoms with E-state index in [-0.39, 0.29) is 11.8 Å². The van der Waals surface area contributed by atoms with E-state index in [1.165, 1.54) is 0 Å². The predicted octanol–water partition coefficient (Wildman–Crippen LogP) is 2.04. The van der Waals surface area contributed by atoms with Gasteiger partial charge in [0.25, 0.3) is 0 Å². The highest BCUT2D eigenvalue weighted by Crippen LogP contribution is 2.08. The average Bonchev–Trinajstić information content (AvgIpc) is 2.28. The maximum Gasteiger partial charge on any atom is 0.219 e. The Kier molecular flexibility index (Phi) is 6.76. The van der Waals surface area contributed by atoms with Crippen LogP contribution in [0.15, 0.2) is 0 Å². The van der Waals surface area contributed by atoms with Gasteiger partial charge in [-0.1, -0.05) is 0 Å². The van der Waals surface area contributed by atoms with E-state index in [0.29, 0.717) is 0 Å². The fourth-order valence-electron chi connectivity index (χ4n) is 2.42. The van der Waals surface area contributed by atoms with Gasteiger partial charge in [-0.05, 0) is 38.5 Å². The number of nitrogens with zero attached hydrogens (tertiary/aromatic N) is 2. The van der Waals surface area contributed by atoms with E-state index in [1.54, 1.807) is 13.8 Å². The van der Waals surface area contributed by atoms with Gasteiger partial charge in [-0.15, -0.1) is 0 Å². The van der Waals surface area contributed by atoms with E-state index in [2.05, 4.69) is 0 Å². The Morgan fingerprint density at radius 2 is 0.889 bits per heavy atom. The number of amides is 2. The van der Waals surface area contributed by atoms with E-state index in [0.717, 1.165) is 64.7 Å². The zero-order valence-corrected chi connectivity index (χ0v) is 11.8. The maximum atomic E-state index is 11.4. The quantitative estimate of drug-likeness (QED) is 0.663. The normalized spacial score (nSPS) is 19.9. The Hall–Kier alpha value is -1.06. The summed E-state index contributed by atoms with van der Waals surface area (Å²) in [5.41, 5.74) is 0. The molecule has 0 spiro atoms. The van der Waals surface area contributed by atoms with Crippen molar-refractivity contribution in [1.82, 2.24) is 9.80 Å². The second-order valence-electron chi connectivity index (χ2n) is 5.13. The molecule has 4 nitrogen and oxygen atoms in total. The van der Waals surface area contributed by atoms with Crippen molar-refractivity contribution in [3.05, 3.63) is 0 Å². The first-order valence-corrected chi connectivity index (χ1v) is 7.12. The fourth-order valence-corrected chi connectivity index (χ4v) is 2.42. The topological polar surface area (TPSA) is 40.6 Å². The minimum Gasteiger partial charge on any atom is -0.343 e. The second-order valence-corrected chi connectivity index (χ2v) is 5.13. The van der Waals surface area contributed by atoms with Crippen LogP contribution in [0.4, 0.5) is 0 Å². The van der Waals surface area contributed by atoms with Gasteiger partial charge in [0.1, 0.15) is 0 Å². The summed E-state index contributed by atoms with van der Waals surface area (Å²) < 4.78 is 0. The van der Waals surface area contributed by atoms with Gasteiger partial charge in [0.2, 0.25) is 11.8 Å². The van der Waals surface area contributed by atoms with Crippen LogP contribution in [0.1, 0.15) is 52.4 Å². The molecule has 0 N–H and O–H groups in total. The van der Waals surface area contributed by atoms with Gasteiger partial charge in [0.15, 0.2) is 0 Å². The summed E-state index contributed by atoms with van der Waals surface area (Å²) in [6.45, 7) is 6.79. The summed E-state index contributed by atoms with van der Waals surface area (Å²) in [7, 11) is 0. The monoisotopic (exact) mass is 254 g/mol. The SMILES string of the molecule is CC(=O)N1CCCCCN(C(C)=O)CCCCC1. The summed E-state index contributed by atoms with van der Waals surface area (Å²) in [6, 6.07) is 0. The predicted molar refractivity (Wildman–Crippen MR) is 72.2 cm³/mol.